The van der Waals surface area contributed by atoms with Gasteiger partial charge in [-0.3, -0.25) is 0 Å². The van der Waals surface area contributed by atoms with Gasteiger partial charge in [-0.05, 0) is 43.2 Å². The van der Waals surface area contributed by atoms with Crippen molar-refractivity contribution in [3.05, 3.63) is 35.5 Å². The van der Waals surface area contributed by atoms with Crippen molar-refractivity contribution in [2.45, 2.75) is 58.0 Å². The van der Waals surface area contributed by atoms with Crippen LogP contribution < -0.4 is 5.32 Å². The molecule has 2 aliphatic rings. The summed E-state index contributed by atoms with van der Waals surface area (Å²) in [6.45, 7) is 7.13. The monoisotopic (exact) mass is 268 g/mol. The highest BCUT2D eigenvalue weighted by Crippen LogP contribution is 2.49. The number of para-hydroxylation sites is 1. The second-order valence-corrected chi connectivity index (χ2v) is 7.51. The third kappa shape index (κ3) is 1.74. The van der Waals surface area contributed by atoms with Crippen molar-refractivity contribution in [3.8, 4) is 0 Å². The first-order valence-corrected chi connectivity index (χ1v) is 7.92. The number of hydrogen-bond acceptors (Lipinski definition) is 1. The molecule has 0 bridgehead atoms. The Balaban J connectivity index is 1.86. The van der Waals surface area contributed by atoms with Crippen LogP contribution in [0.3, 0.4) is 0 Å². The number of rotatable bonds is 0. The fourth-order valence-electron chi connectivity index (χ4n) is 4.44. The van der Waals surface area contributed by atoms with Crippen LogP contribution in [0.1, 0.15) is 63.3 Å². The van der Waals surface area contributed by atoms with Gasteiger partial charge in [0.1, 0.15) is 0 Å². The van der Waals surface area contributed by atoms with Crippen LogP contribution in [0.25, 0.3) is 10.9 Å². The third-order valence-corrected chi connectivity index (χ3v) is 5.43. The molecule has 1 fully saturated rings. The first-order valence-electron chi connectivity index (χ1n) is 7.92. The SMILES string of the molecule is C[C@H]1N[C@@H]2CC(C)(C)CC[C@@H]2c2c1[nH]c1ccccc21. The number of aromatic nitrogens is 1. The summed E-state index contributed by atoms with van der Waals surface area (Å²) in [7, 11) is 0. The molecule has 1 aromatic heterocycles. The van der Waals surface area contributed by atoms with E-state index in [-0.39, 0.29) is 0 Å². The highest BCUT2D eigenvalue weighted by Gasteiger charge is 2.41. The Labute approximate surface area is 121 Å². The van der Waals surface area contributed by atoms with E-state index in [9.17, 15) is 0 Å². The fraction of sp³-hybridized carbons (Fsp3) is 0.556. The van der Waals surface area contributed by atoms with Gasteiger partial charge < -0.3 is 10.3 Å². The molecule has 0 amide bonds. The van der Waals surface area contributed by atoms with Crippen LogP contribution in [-0.4, -0.2) is 11.0 Å². The Kier molecular flexibility index (Phi) is 2.56. The van der Waals surface area contributed by atoms with Gasteiger partial charge in [0.05, 0.1) is 0 Å². The molecule has 4 rings (SSSR count). The lowest BCUT2D eigenvalue weighted by molar-refractivity contribution is 0.159. The molecule has 0 unspecified atom stereocenters. The third-order valence-electron chi connectivity index (χ3n) is 5.43. The minimum atomic E-state index is 0.438. The number of fused-ring (bicyclic) bond motifs is 5. The molecule has 2 nitrogen and oxygen atoms in total. The Bertz CT molecular complexity index is 652. The summed E-state index contributed by atoms with van der Waals surface area (Å²) >= 11 is 0. The van der Waals surface area contributed by atoms with E-state index < -0.39 is 0 Å². The van der Waals surface area contributed by atoms with Crippen molar-refractivity contribution in [1.82, 2.24) is 10.3 Å². The van der Waals surface area contributed by atoms with E-state index >= 15 is 0 Å². The molecule has 1 aromatic carbocycles. The molecule has 2 aromatic rings. The number of nitrogens with one attached hydrogen (secondary N) is 2. The Morgan fingerprint density at radius 3 is 2.85 bits per heavy atom. The van der Waals surface area contributed by atoms with Gasteiger partial charge in [-0.25, -0.2) is 0 Å². The summed E-state index contributed by atoms with van der Waals surface area (Å²) < 4.78 is 0. The van der Waals surface area contributed by atoms with Gasteiger partial charge in [-0.15, -0.1) is 0 Å². The van der Waals surface area contributed by atoms with Crippen LogP contribution in [0.4, 0.5) is 0 Å². The van der Waals surface area contributed by atoms with E-state index in [1.165, 1.54) is 35.9 Å². The number of aromatic amines is 1. The molecule has 3 atom stereocenters. The minimum absolute atomic E-state index is 0.438. The highest BCUT2D eigenvalue weighted by molar-refractivity contribution is 5.85. The summed E-state index contributed by atoms with van der Waals surface area (Å²) in [5, 5.41) is 5.31. The van der Waals surface area contributed by atoms with Crippen LogP contribution in [0.15, 0.2) is 24.3 Å². The quantitative estimate of drug-likeness (QED) is 0.723. The molecular formula is C18H24N2. The van der Waals surface area contributed by atoms with E-state index in [2.05, 4.69) is 55.3 Å². The molecule has 0 spiro atoms. The maximum Gasteiger partial charge on any atom is 0.0459 e. The topological polar surface area (TPSA) is 27.8 Å². The highest BCUT2D eigenvalue weighted by atomic mass is 15.0. The van der Waals surface area contributed by atoms with Crippen molar-refractivity contribution >= 4 is 10.9 Å². The van der Waals surface area contributed by atoms with Crippen molar-refractivity contribution in [3.63, 3.8) is 0 Å². The molecule has 0 saturated heterocycles. The molecule has 106 valence electrons. The molecule has 1 aliphatic heterocycles. The van der Waals surface area contributed by atoms with Gasteiger partial charge in [0.25, 0.3) is 0 Å². The van der Waals surface area contributed by atoms with Crippen LogP contribution in [0.5, 0.6) is 0 Å². The molecule has 2 N–H and O–H groups in total. The fourth-order valence-corrected chi connectivity index (χ4v) is 4.44. The number of benzene rings is 1. The Hall–Kier alpha value is -1.28. The lowest BCUT2D eigenvalue weighted by atomic mass is 9.66. The number of H-pyrrole nitrogens is 1. The zero-order chi connectivity index (χ0) is 13.9. The largest absolute Gasteiger partial charge is 0.357 e. The molecular weight excluding hydrogens is 244 g/mol. The van der Waals surface area contributed by atoms with E-state index in [4.69, 9.17) is 0 Å². The smallest absolute Gasteiger partial charge is 0.0459 e. The molecule has 2 heteroatoms. The normalized spacial score (nSPS) is 31.9. The predicted octanol–water partition coefficient (Wildman–Crippen LogP) is 4.49. The Morgan fingerprint density at radius 2 is 2.00 bits per heavy atom. The van der Waals surface area contributed by atoms with E-state index in [0.717, 1.165) is 0 Å². The van der Waals surface area contributed by atoms with Gasteiger partial charge in [-0.2, -0.15) is 0 Å². The summed E-state index contributed by atoms with van der Waals surface area (Å²) in [5.74, 6) is 0.686. The van der Waals surface area contributed by atoms with Crippen LogP contribution in [-0.2, 0) is 0 Å². The zero-order valence-corrected chi connectivity index (χ0v) is 12.7. The van der Waals surface area contributed by atoms with Crippen LogP contribution in [0, 0.1) is 5.41 Å². The number of hydrogen-bond donors (Lipinski definition) is 2. The van der Waals surface area contributed by atoms with Gasteiger partial charge in [0.2, 0.25) is 0 Å². The zero-order valence-electron chi connectivity index (χ0n) is 12.7. The lowest BCUT2D eigenvalue weighted by Gasteiger charge is -2.45. The molecule has 0 radical (unpaired) electrons. The second kappa shape index (κ2) is 4.11. The van der Waals surface area contributed by atoms with Gasteiger partial charge >= 0.3 is 0 Å². The maximum atomic E-state index is 3.86. The molecule has 2 heterocycles. The average Bonchev–Trinajstić information content (AvgIpc) is 2.78. The van der Waals surface area contributed by atoms with E-state index in [0.29, 0.717) is 23.4 Å². The van der Waals surface area contributed by atoms with Gasteiger partial charge in [-0.1, -0.05) is 32.0 Å². The van der Waals surface area contributed by atoms with Crippen molar-refractivity contribution in [2.24, 2.45) is 5.41 Å². The second-order valence-electron chi connectivity index (χ2n) is 7.51. The summed E-state index contributed by atoms with van der Waals surface area (Å²) in [6.07, 6.45) is 3.94. The molecule has 1 saturated carbocycles. The summed E-state index contributed by atoms with van der Waals surface area (Å²) in [5.41, 5.74) is 4.81. The average molecular weight is 268 g/mol. The minimum Gasteiger partial charge on any atom is -0.357 e. The van der Waals surface area contributed by atoms with E-state index in [1.54, 1.807) is 5.56 Å². The van der Waals surface area contributed by atoms with Gasteiger partial charge in [0, 0.05) is 34.6 Å². The first kappa shape index (κ1) is 12.5. The molecule has 1 aliphatic carbocycles. The summed E-state index contributed by atoms with van der Waals surface area (Å²) in [6, 6.07) is 9.88. The van der Waals surface area contributed by atoms with Gasteiger partial charge in [0.15, 0.2) is 0 Å². The van der Waals surface area contributed by atoms with Crippen molar-refractivity contribution in [2.75, 3.05) is 0 Å². The van der Waals surface area contributed by atoms with Crippen LogP contribution >= 0.6 is 0 Å². The standard InChI is InChI=1S/C18H24N2/c1-11-17-16(12-6-4-5-7-14(12)20-17)13-8-9-18(2,3)10-15(13)19-11/h4-7,11,13,15,19-20H,8-10H2,1-3H3/t11-,13+,15-/m1/s1. The van der Waals surface area contributed by atoms with Crippen molar-refractivity contribution in [1.29, 1.82) is 0 Å². The maximum absolute atomic E-state index is 3.86. The van der Waals surface area contributed by atoms with Crippen LogP contribution in [0.2, 0.25) is 0 Å². The lowest BCUT2D eigenvalue weighted by Crippen LogP contribution is -2.46. The first-order chi connectivity index (χ1) is 9.55. The predicted molar refractivity (Wildman–Crippen MR) is 84.0 cm³/mol. The summed E-state index contributed by atoms with van der Waals surface area (Å²) in [4.78, 5) is 3.66. The Morgan fingerprint density at radius 1 is 1.20 bits per heavy atom. The molecule has 20 heavy (non-hydrogen) atoms. The van der Waals surface area contributed by atoms with E-state index in [1.807, 2.05) is 0 Å². The van der Waals surface area contributed by atoms with Crippen molar-refractivity contribution < 1.29 is 0 Å².